The molecule has 0 fully saturated rings. The van der Waals surface area contributed by atoms with Crippen LogP contribution < -0.4 is 4.74 Å². The van der Waals surface area contributed by atoms with Gasteiger partial charge < -0.3 is 4.74 Å². The highest BCUT2D eigenvalue weighted by molar-refractivity contribution is 5.62. The first-order chi connectivity index (χ1) is 8.15. The van der Waals surface area contributed by atoms with Gasteiger partial charge in [0, 0.05) is 0 Å². The molecule has 0 atom stereocenters. The molecule has 0 unspecified atom stereocenters. The van der Waals surface area contributed by atoms with E-state index in [-0.39, 0.29) is 5.57 Å². The average molecular weight is 224 g/mol. The van der Waals surface area contributed by atoms with Gasteiger partial charge >= 0.3 is 0 Å². The van der Waals surface area contributed by atoms with Crippen molar-refractivity contribution < 1.29 is 4.74 Å². The highest BCUT2D eigenvalue weighted by Gasteiger charge is 1.96. The lowest BCUT2D eigenvalue weighted by Gasteiger charge is -2.05. The van der Waals surface area contributed by atoms with Crippen molar-refractivity contribution >= 4 is 6.08 Å². The number of hydrogen-bond acceptors (Lipinski definition) is 3. The van der Waals surface area contributed by atoms with Crippen molar-refractivity contribution in [1.82, 2.24) is 0 Å². The summed E-state index contributed by atoms with van der Waals surface area (Å²) < 4.78 is 5.43. The molecule has 1 aromatic rings. The summed E-state index contributed by atoms with van der Waals surface area (Å²) in [6.45, 7) is 6.12. The van der Waals surface area contributed by atoms with E-state index in [9.17, 15) is 0 Å². The molecular formula is C14H12N2O. The highest BCUT2D eigenvalue weighted by Crippen LogP contribution is 2.14. The zero-order chi connectivity index (χ0) is 12.7. The van der Waals surface area contributed by atoms with Crippen LogP contribution in [0.5, 0.6) is 5.75 Å². The quantitative estimate of drug-likeness (QED) is 0.583. The van der Waals surface area contributed by atoms with Gasteiger partial charge in [-0.2, -0.15) is 10.5 Å². The van der Waals surface area contributed by atoms with Crippen LogP contribution in [0.1, 0.15) is 12.5 Å². The largest absolute Gasteiger partial charge is 0.489 e. The minimum atomic E-state index is 0.0839. The number of rotatable bonds is 4. The first-order valence-electron chi connectivity index (χ1n) is 5.05. The minimum absolute atomic E-state index is 0.0839. The maximum Gasteiger partial charge on any atom is 0.130 e. The molecule has 0 aliphatic carbocycles. The minimum Gasteiger partial charge on any atom is -0.489 e. The Morgan fingerprint density at radius 1 is 1.29 bits per heavy atom. The van der Waals surface area contributed by atoms with Gasteiger partial charge in [0.05, 0.1) is 0 Å². The van der Waals surface area contributed by atoms with Gasteiger partial charge in [0.25, 0.3) is 0 Å². The van der Waals surface area contributed by atoms with Crippen molar-refractivity contribution in [3.63, 3.8) is 0 Å². The van der Waals surface area contributed by atoms with Crippen molar-refractivity contribution in [2.45, 2.75) is 6.92 Å². The Bertz CT molecular complexity index is 497. The molecule has 0 amide bonds. The Hall–Kier alpha value is -2.52. The van der Waals surface area contributed by atoms with Crippen LogP contribution in [0.15, 0.2) is 42.0 Å². The lowest BCUT2D eigenvalue weighted by molar-refractivity contribution is 0.352. The molecule has 1 aromatic carbocycles. The molecule has 0 bridgehead atoms. The predicted molar refractivity (Wildman–Crippen MR) is 66.0 cm³/mol. The monoisotopic (exact) mass is 224 g/mol. The van der Waals surface area contributed by atoms with Gasteiger partial charge in [-0.1, -0.05) is 18.7 Å². The van der Waals surface area contributed by atoms with Crippen LogP contribution in [0.4, 0.5) is 0 Å². The molecule has 3 heteroatoms. The summed E-state index contributed by atoms with van der Waals surface area (Å²) in [7, 11) is 0. The van der Waals surface area contributed by atoms with Gasteiger partial charge in [0.15, 0.2) is 0 Å². The molecular weight excluding hydrogens is 212 g/mol. The Balaban J connectivity index is 2.76. The summed E-state index contributed by atoms with van der Waals surface area (Å²) in [6, 6.07) is 10.8. The molecule has 0 radical (unpaired) electrons. The molecule has 1 rings (SSSR count). The molecule has 17 heavy (non-hydrogen) atoms. The molecule has 0 spiro atoms. The first kappa shape index (κ1) is 12.5. The molecule has 0 N–H and O–H groups in total. The summed E-state index contributed by atoms with van der Waals surface area (Å²) in [5.74, 6) is 0.737. The van der Waals surface area contributed by atoms with E-state index in [1.54, 1.807) is 24.3 Å². The number of ether oxygens (including phenoxy) is 1. The molecule has 0 heterocycles. The van der Waals surface area contributed by atoms with E-state index in [4.69, 9.17) is 15.3 Å². The van der Waals surface area contributed by atoms with E-state index in [0.717, 1.165) is 16.9 Å². The van der Waals surface area contributed by atoms with Crippen LogP contribution in [0.3, 0.4) is 0 Å². The van der Waals surface area contributed by atoms with E-state index in [0.29, 0.717) is 6.61 Å². The topological polar surface area (TPSA) is 56.8 Å². The molecule has 0 saturated carbocycles. The van der Waals surface area contributed by atoms with E-state index in [1.807, 2.05) is 19.1 Å². The fourth-order valence-corrected chi connectivity index (χ4v) is 1.12. The Morgan fingerprint density at radius 2 is 1.88 bits per heavy atom. The molecule has 0 aromatic heterocycles. The molecule has 0 saturated heterocycles. The molecule has 84 valence electrons. The highest BCUT2D eigenvalue weighted by atomic mass is 16.5. The number of allylic oxidation sites excluding steroid dienone is 1. The van der Waals surface area contributed by atoms with Crippen LogP contribution in [-0.4, -0.2) is 6.61 Å². The fraction of sp³-hybridized carbons (Fsp3) is 0.143. The fourth-order valence-electron chi connectivity index (χ4n) is 1.12. The summed E-state index contributed by atoms with van der Waals surface area (Å²) in [5.41, 5.74) is 1.83. The Morgan fingerprint density at radius 3 is 2.35 bits per heavy atom. The smallest absolute Gasteiger partial charge is 0.130 e. The van der Waals surface area contributed by atoms with E-state index < -0.39 is 0 Å². The van der Waals surface area contributed by atoms with Gasteiger partial charge in [-0.15, -0.1) is 0 Å². The SMILES string of the molecule is C=C(C)COc1ccc(C=C(C#N)C#N)cc1. The average Bonchev–Trinajstić information content (AvgIpc) is 2.34. The second-order valence-corrected chi connectivity index (χ2v) is 3.60. The Kier molecular flexibility index (Phi) is 4.54. The van der Waals surface area contributed by atoms with Gasteiger partial charge in [0.2, 0.25) is 0 Å². The number of nitrogens with zero attached hydrogens (tertiary/aromatic N) is 2. The van der Waals surface area contributed by atoms with Gasteiger partial charge in [0.1, 0.15) is 30.1 Å². The Labute approximate surface area is 101 Å². The second kappa shape index (κ2) is 6.15. The number of hydrogen-bond donors (Lipinski definition) is 0. The second-order valence-electron chi connectivity index (χ2n) is 3.60. The van der Waals surface area contributed by atoms with Crippen molar-refractivity contribution in [2.75, 3.05) is 6.61 Å². The summed E-state index contributed by atoms with van der Waals surface area (Å²) in [5, 5.41) is 17.2. The maximum atomic E-state index is 8.61. The third-order valence-electron chi connectivity index (χ3n) is 1.92. The third kappa shape index (κ3) is 4.24. The molecule has 3 nitrogen and oxygen atoms in total. The van der Waals surface area contributed by atoms with Gasteiger partial charge in [-0.3, -0.25) is 0 Å². The lowest BCUT2D eigenvalue weighted by atomic mass is 10.1. The first-order valence-corrected chi connectivity index (χ1v) is 5.05. The summed E-state index contributed by atoms with van der Waals surface area (Å²) in [6.07, 6.45) is 1.53. The van der Waals surface area contributed by atoms with Crippen LogP contribution >= 0.6 is 0 Å². The van der Waals surface area contributed by atoms with E-state index in [2.05, 4.69) is 6.58 Å². The standard InChI is InChI=1S/C14H12N2O/c1-11(2)10-17-14-5-3-12(4-6-14)7-13(8-15)9-16/h3-7H,1,10H2,2H3. The summed E-state index contributed by atoms with van der Waals surface area (Å²) >= 11 is 0. The van der Waals surface area contributed by atoms with Crippen LogP contribution in [0, 0.1) is 22.7 Å². The van der Waals surface area contributed by atoms with Crippen LogP contribution in [0.25, 0.3) is 6.08 Å². The third-order valence-corrected chi connectivity index (χ3v) is 1.92. The molecule has 0 aliphatic rings. The molecule has 0 aliphatic heterocycles. The van der Waals surface area contributed by atoms with E-state index in [1.165, 1.54) is 6.08 Å². The number of benzene rings is 1. The van der Waals surface area contributed by atoms with Crippen molar-refractivity contribution in [3.8, 4) is 17.9 Å². The maximum absolute atomic E-state index is 8.61. The summed E-state index contributed by atoms with van der Waals surface area (Å²) in [4.78, 5) is 0. The zero-order valence-electron chi connectivity index (χ0n) is 9.60. The lowest BCUT2D eigenvalue weighted by Crippen LogP contribution is -1.97. The zero-order valence-corrected chi connectivity index (χ0v) is 9.60. The van der Waals surface area contributed by atoms with E-state index >= 15 is 0 Å². The van der Waals surface area contributed by atoms with Gasteiger partial charge in [-0.05, 0) is 36.3 Å². The normalized spacial score (nSPS) is 8.65. The van der Waals surface area contributed by atoms with Crippen LogP contribution in [0.2, 0.25) is 0 Å². The van der Waals surface area contributed by atoms with Crippen molar-refractivity contribution in [2.24, 2.45) is 0 Å². The number of nitriles is 2. The van der Waals surface area contributed by atoms with Crippen molar-refractivity contribution in [3.05, 3.63) is 47.6 Å². The predicted octanol–water partition coefficient (Wildman–Crippen LogP) is 3.07. The van der Waals surface area contributed by atoms with Crippen LogP contribution in [-0.2, 0) is 0 Å². The van der Waals surface area contributed by atoms with Crippen molar-refractivity contribution in [1.29, 1.82) is 10.5 Å². The van der Waals surface area contributed by atoms with Gasteiger partial charge in [-0.25, -0.2) is 0 Å².